The number of ketones is 1. The molecular formula is C30H28N6O2. The van der Waals surface area contributed by atoms with E-state index < -0.39 is 6.10 Å². The van der Waals surface area contributed by atoms with Crippen molar-refractivity contribution >= 4 is 27.9 Å². The number of aliphatic hydroxyl groups excluding tert-OH is 1. The molecule has 3 N–H and O–H groups in total. The zero-order chi connectivity index (χ0) is 25.6. The maximum Gasteiger partial charge on any atom is 0.140 e. The van der Waals surface area contributed by atoms with Gasteiger partial charge in [-0.15, -0.1) is 10.2 Å². The molecule has 0 saturated heterocycles. The summed E-state index contributed by atoms with van der Waals surface area (Å²) >= 11 is 0. The number of carbonyl (C=O) groups is 1. The second-order valence-corrected chi connectivity index (χ2v) is 10.4. The predicted octanol–water partition coefficient (Wildman–Crippen LogP) is 4.55. The van der Waals surface area contributed by atoms with Gasteiger partial charge in [-0.2, -0.15) is 5.10 Å². The summed E-state index contributed by atoms with van der Waals surface area (Å²) in [4.78, 5) is 13.6. The van der Waals surface area contributed by atoms with Crippen LogP contribution in [0.15, 0.2) is 84.6 Å². The summed E-state index contributed by atoms with van der Waals surface area (Å²) in [5.41, 5.74) is 9.08. The third-order valence-electron chi connectivity index (χ3n) is 8.10. The van der Waals surface area contributed by atoms with Gasteiger partial charge in [0.2, 0.25) is 0 Å². The molecule has 0 fully saturated rings. The summed E-state index contributed by atoms with van der Waals surface area (Å²) in [6, 6.07) is 12.2. The molecule has 3 unspecified atom stereocenters. The Morgan fingerprint density at radius 2 is 1.95 bits per heavy atom. The number of benzene rings is 2. The van der Waals surface area contributed by atoms with Gasteiger partial charge in [0.25, 0.3) is 0 Å². The lowest BCUT2D eigenvalue weighted by atomic mass is 9.72. The Kier molecular flexibility index (Phi) is 5.55. The van der Waals surface area contributed by atoms with Crippen molar-refractivity contribution in [3.8, 4) is 5.69 Å². The monoisotopic (exact) mass is 504 g/mol. The molecule has 4 aromatic rings. The molecule has 0 radical (unpaired) electrons. The third-order valence-corrected chi connectivity index (χ3v) is 8.10. The van der Waals surface area contributed by atoms with Crippen molar-refractivity contribution in [3.05, 3.63) is 95.8 Å². The molecule has 1 aliphatic heterocycles. The minimum absolute atomic E-state index is 0.00993. The number of Topliss-reactive ketones (excluding diaryl/α,β-unsaturated/α-hetero) is 1. The first-order valence-electron chi connectivity index (χ1n) is 13.1. The fraction of sp³-hybridized carbons (Fsp3) is 0.267. The predicted molar refractivity (Wildman–Crippen MR) is 146 cm³/mol. The lowest BCUT2D eigenvalue weighted by Crippen LogP contribution is -2.34. The smallest absolute Gasteiger partial charge is 0.140 e. The van der Waals surface area contributed by atoms with Gasteiger partial charge in [0.1, 0.15) is 18.4 Å². The molecule has 3 atom stereocenters. The molecule has 8 heteroatoms. The standard InChI is InChI=1S/C30H28N6O2/c37-22-8-3-19(4-9-22)30-24-14-20(28(38)13-18-1-6-21(7-2-18)36-16-32-33-17-36)5-10-23(24)29-25-15-31-35-26(25)11-12-27(29)34-30/h1-4,6-8,11-12,15-17,20,22,30,34,37H,5,9-10,13-14H2,(H,31,35). The Labute approximate surface area is 219 Å². The molecule has 8 nitrogen and oxygen atoms in total. The number of nitrogens with one attached hydrogen (secondary N) is 2. The molecule has 0 bridgehead atoms. The van der Waals surface area contributed by atoms with Crippen LogP contribution in [0.5, 0.6) is 0 Å². The number of aromatic amines is 1. The molecule has 190 valence electrons. The quantitative estimate of drug-likeness (QED) is 0.368. The Morgan fingerprint density at radius 3 is 2.74 bits per heavy atom. The first kappa shape index (κ1) is 22.9. The zero-order valence-corrected chi connectivity index (χ0v) is 20.8. The highest BCUT2D eigenvalue weighted by atomic mass is 16.3. The average molecular weight is 505 g/mol. The van der Waals surface area contributed by atoms with E-state index in [9.17, 15) is 9.90 Å². The Balaban J connectivity index is 1.19. The summed E-state index contributed by atoms with van der Waals surface area (Å²) in [6.07, 6.45) is 14.2. The number of carbonyl (C=O) groups excluding carboxylic acids is 1. The largest absolute Gasteiger partial charge is 0.389 e. The van der Waals surface area contributed by atoms with Gasteiger partial charge in [-0.05, 0) is 72.2 Å². The SMILES string of the molecule is O=C(Cc1ccc(-n2cnnc2)cc1)C1CCC2=C(C1)C(C1=CCC(O)C=C1)Nc1ccc3[nH]ncc3c12. The van der Waals surface area contributed by atoms with Crippen LogP contribution in [0.1, 0.15) is 36.8 Å². The van der Waals surface area contributed by atoms with Crippen LogP contribution >= 0.6 is 0 Å². The van der Waals surface area contributed by atoms with Gasteiger partial charge in [0.15, 0.2) is 0 Å². The number of hydrogen-bond donors (Lipinski definition) is 3. The number of allylic oxidation sites excluding steroid dienone is 1. The highest BCUT2D eigenvalue weighted by molar-refractivity contribution is 6.01. The summed E-state index contributed by atoms with van der Waals surface area (Å²) in [7, 11) is 0. The van der Waals surface area contributed by atoms with Crippen molar-refractivity contribution in [1.82, 2.24) is 25.0 Å². The van der Waals surface area contributed by atoms with Crippen LogP contribution in [0, 0.1) is 5.92 Å². The van der Waals surface area contributed by atoms with Gasteiger partial charge in [-0.25, -0.2) is 0 Å². The second-order valence-electron chi connectivity index (χ2n) is 10.4. The van der Waals surface area contributed by atoms with Crippen LogP contribution in [0.4, 0.5) is 5.69 Å². The van der Waals surface area contributed by atoms with E-state index in [0.29, 0.717) is 12.8 Å². The van der Waals surface area contributed by atoms with Crippen molar-refractivity contribution in [2.75, 3.05) is 5.32 Å². The number of fused-ring (bicyclic) bond motifs is 4. The summed E-state index contributed by atoms with van der Waals surface area (Å²) in [6.45, 7) is 0. The third kappa shape index (κ3) is 3.97. The Bertz CT molecular complexity index is 1610. The van der Waals surface area contributed by atoms with Gasteiger partial charge in [-0.1, -0.05) is 30.4 Å². The van der Waals surface area contributed by atoms with Crippen molar-refractivity contribution in [2.24, 2.45) is 5.92 Å². The van der Waals surface area contributed by atoms with Gasteiger partial charge in [0.05, 0.1) is 23.9 Å². The minimum atomic E-state index is -0.439. The van der Waals surface area contributed by atoms with Crippen molar-refractivity contribution in [3.63, 3.8) is 0 Å². The number of aromatic nitrogens is 5. The minimum Gasteiger partial charge on any atom is -0.389 e. The lowest BCUT2D eigenvalue weighted by Gasteiger charge is -2.38. The second kappa shape index (κ2) is 9.22. The summed E-state index contributed by atoms with van der Waals surface area (Å²) < 4.78 is 1.85. The number of H-pyrrole nitrogens is 1. The van der Waals surface area contributed by atoms with Gasteiger partial charge in [-0.3, -0.25) is 14.5 Å². The fourth-order valence-electron chi connectivity index (χ4n) is 6.12. The Hall–Kier alpha value is -4.30. The number of aliphatic hydroxyl groups is 1. The molecule has 2 aliphatic carbocycles. The molecule has 3 heterocycles. The van der Waals surface area contributed by atoms with E-state index in [0.717, 1.165) is 52.7 Å². The van der Waals surface area contributed by atoms with E-state index in [2.05, 4.69) is 43.9 Å². The van der Waals surface area contributed by atoms with Crippen LogP contribution in [-0.2, 0) is 11.2 Å². The molecule has 2 aromatic heterocycles. The van der Waals surface area contributed by atoms with Crippen LogP contribution in [0.2, 0.25) is 0 Å². The Morgan fingerprint density at radius 1 is 1.11 bits per heavy atom. The van der Waals surface area contributed by atoms with Gasteiger partial charge < -0.3 is 10.4 Å². The lowest BCUT2D eigenvalue weighted by molar-refractivity contribution is -0.122. The van der Waals surface area contributed by atoms with E-state index in [-0.39, 0.29) is 17.7 Å². The van der Waals surface area contributed by atoms with Crippen molar-refractivity contribution in [1.29, 1.82) is 0 Å². The van der Waals surface area contributed by atoms with Crippen LogP contribution < -0.4 is 5.32 Å². The van der Waals surface area contributed by atoms with Gasteiger partial charge >= 0.3 is 0 Å². The first-order valence-corrected chi connectivity index (χ1v) is 13.1. The normalized spacial score (nSPS) is 22.6. The van der Waals surface area contributed by atoms with Crippen molar-refractivity contribution < 1.29 is 9.90 Å². The first-order chi connectivity index (χ1) is 18.6. The van der Waals surface area contributed by atoms with Crippen molar-refractivity contribution in [2.45, 2.75) is 44.2 Å². The molecule has 0 amide bonds. The summed E-state index contributed by atoms with van der Waals surface area (Å²) in [5, 5.41) is 30.0. The molecular weight excluding hydrogens is 476 g/mol. The number of nitrogens with zero attached hydrogens (tertiary/aromatic N) is 4. The highest BCUT2D eigenvalue weighted by Crippen LogP contribution is 2.48. The zero-order valence-electron chi connectivity index (χ0n) is 20.8. The van der Waals surface area contributed by atoms with E-state index in [1.165, 1.54) is 16.7 Å². The van der Waals surface area contributed by atoms with E-state index in [1.807, 2.05) is 47.2 Å². The van der Waals surface area contributed by atoms with Crippen LogP contribution in [0.3, 0.4) is 0 Å². The topological polar surface area (TPSA) is 109 Å². The molecule has 7 rings (SSSR count). The molecule has 0 saturated carbocycles. The van der Waals surface area contributed by atoms with Crippen LogP contribution in [-0.4, -0.2) is 48.0 Å². The van der Waals surface area contributed by atoms with E-state index in [4.69, 9.17) is 0 Å². The van der Waals surface area contributed by atoms with Crippen LogP contribution in [0.25, 0.3) is 22.2 Å². The van der Waals surface area contributed by atoms with E-state index in [1.54, 1.807) is 12.7 Å². The molecule has 38 heavy (non-hydrogen) atoms. The van der Waals surface area contributed by atoms with E-state index >= 15 is 0 Å². The maximum absolute atomic E-state index is 13.6. The average Bonchev–Trinajstić information content (AvgIpc) is 3.66. The fourth-order valence-corrected chi connectivity index (χ4v) is 6.12. The molecule has 0 spiro atoms. The number of rotatable bonds is 5. The maximum atomic E-state index is 13.6. The number of anilines is 1. The summed E-state index contributed by atoms with van der Waals surface area (Å²) in [5.74, 6) is 0.252. The highest BCUT2D eigenvalue weighted by Gasteiger charge is 2.36. The number of hydrogen-bond acceptors (Lipinski definition) is 6. The van der Waals surface area contributed by atoms with Gasteiger partial charge in [0, 0.05) is 34.7 Å². The molecule has 2 aromatic carbocycles. The molecule has 3 aliphatic rings.